The van der Waals surface area contributed by atoms with E-state index >= 15 is 0 Å². The Morgan fingerprint density at radius 3 is 2.95 bits per heavy atom. The van der Waals surface area contributed by atoms with E-state index in [9.17, 15) is 4.79 Å². The molecule has 1 N–H and O–H groups in total. The fourth-order valence-corrected chi connectivity index (χ4v) is 3.23. The lowest BCUT2D eigenvalue weighted by atomic mass is 9.92. The fraction of sp³-hybridized carbons (Fsp3) is 0.200. The first kappa shape index (κ1) is 10.7. The molecule has 2 aliphatic rings. The average Bonchev–Trinajstić information content (AvgIpc) is 3.01. The van der Waals surface area contributed by atoms with Gasteiger partial charge in [-0.1, -0.05) is 24.3 Å². The number of nitrogens with one attached hydrogen (secondary N) is 1. The summed E-state index contributed by atoms with van der Waals surface area (Å²) in [4.78, 5) is 18.6. The Kier molecular flexibility index (Phi) is 2.05. The van der Waals surface area contributed by atoms with Crippen LogP contribution in [0.25, 0.3) is 0 Å². The van der Waals surface area contributed by atoms with Crippen molar-refractivity contribution in [3.63, 3.8) is 0 Å². The van der Waals surface area contributed by atoms with Crippen LogP contribution in [-0.4, -0.2) is 28.9 Å². The number of carbonyl (C=O) groups is 1. The minimum atomic E-state index is -0.526. The van der Waals surface area contributed by atoms with E-state index in [4.69, 9.17) is 0 Å². The van der Waals surface area contributed by atoms with E-state index in [2.05, 4.69) is 10.3 Å². The Morgan fingerprint density at radius 1 is 1.21 bits per heavy atom. The number of amides is 1. The van der Waals surface area contributed by atoms with Crippen molar-refractivity contribution in [3.05, 3.63) is 65.5 Å². The second-order valence-electron chi connectivity index (χ2n) is 4.88. The van der Waals surface area contributed by atoms with Crippen LogP contribution in [0.2, 0.25) is 0 Å². The molecular formula is C15H13N3O. The topological polar surface area (TPSA) is 45.2 Å². The van der Waals surface area contributed by atoms with Crippen molar-refractivity contribution in [2.24, 2.45) is 0 Å². The zero-order valence-electron chi connectivity index (χ0n) is 10.3. The molecular weight excluding hydrogens is 238 g/mol. The van der Waals surface area contributed by atoms with Gasteiger partial charge in [-0.05, 0) is 12.1 Å². The van der Waals surface area contributed by atoms with E-state index in [0.717, 1.165) is 29.8 Å². The van der Waals surface area contributed by atoms with E-state index in [-0.39, 0.29) is 5.91 Å². The highest BCUT2D eigenvalue weighted by Gasteiger charge is 2.53. The molecule has 4 heteroatoms. The standard InChI is InChI=1S/C15H13N3O/c19-14-12-5-1-2-6-13(12)15(17-8-9-18(14)15)11-4-3-7-16-10-11/h1-7,10,17H,8-9H2. The number of aromatic nitrogens is 1. The number of carbonyl (C=O) groups excluding carboxylic acids is 1. The maximum Gasteiger partial charge on any atom is 0.256 e. The molecule has 1 aromatic heterocycles. The first-order chi connectivity index (χ1) is 9.34. The lowest BCUT2D eigenvalue weighted by Gasteiger charge is -2.33. The monoisotopic (exact) mass is 251 g/mol. The van der Waals surface area contributed by atoms with Gasteiger partial charge >= 0.3 is 0 Å². The summed E-state index contributed by atoms with van der Waals surface area (Å²) in [5, 5.41) is 3.50. The van der Waals surface area contributed by atoms with Crippen molar-refractivity contribution in [1.82, 2.24) is 15.2 Å². The minimum absolute atomic E-state index is 0.101. The normalized spacial score (nSPS) is 24.4. The zero-order chi connectivity index (χ0) is 12.9. The van der Waals surface area contributed by atoms with Crippen molar-refractivity contribution >= 4 is 5.91 Å². The molecule has 1 unspecified atom stereocenters. The highest BCUT2D eigenvalue weighted by Crippen LogP contribution is 2.43. The summed E-state index contributed by atoms with van der Waals surface area (Å²) in [6.07, 6.45) is 3.59. The summed E-state index contributed by atoms with van der Waals surface area (Å²) >= 11 is 0. The number of hydrogen-bond donors (Lipinski definition) is 1. The second kappa shape index (κ2) is 3.65. The molecule has 2 aliphatic heterocycles. The maximum atomic E-state index is 12.5. The summed E-state index contributed by atoms with van der Waals surface area (Å²) in [7, 11) is 0. The molecule has 3 heterocycles. The van der Waals surface area contributed by atoms with Gasteiger partial charge in [0.2, 0.25) is 0 Å². The Labute approximate surface area is 111 Å². The van der Waals surface area contributed by atoms with Gasteiger partial charge in [0.25, 0.3) is 5.91 Å². The Hall–Kier alpha value is -2.20. The molecule has 0 spiro atoms. The molecule has 0 bridgehead atoms. The minimum Gasteiger partial charge on any atom is -0.311 e. The maximum absolute atomic E-state index is 12.5. The average molecular weight is 251 g/mol. The molecule has 1 fully saturated rings. The van der Waals surface area contributed by atoms with Gasteiger partial charge in [-0.2, -0.15) is 0 Å². The first-order valence-corrected chi connectivity index (χ1v) is 6.41. The smallest absolute Gasteiger partial charge is 0.256 e. The Balaban J connectivity index is 2.02. The van der Waals surface area contributed by atoms with Crippen LogP contribution in [0.5, 0.6) is 0 Å². The van der Waals surface area contributed by atoms with E-state index in [1.807, 2.05) is 47.5 Å². The zero-order valence-corrected chi connectivity index (χ0v) is 10.3. The molecule has 1 aromatic carbocycles. The van der Waals surface area contributed by atoms with Gasteiger partial charge in [0, 0.05) is 42.2 Å². The molecule has 1 atom stereocenters. The Morgan fingerprint density at radius 2 is 2.11 bits per heavy atom. The first-order valence-electron chi connectivity index (χ1n) is 6.41. The van der Waals surface area contributed by atoms with Gasteiger partial charge in [0.15, 0.2) is 0 Å². The molecule has 0 aliphatic carbocycles. The van der Waals surface area contributed by atoms with E-state index in [0.29, 0.717) is 0 Å². The van der Waals surface area contributed by atoms with E-state index in [1.54, 1.807) is 6.20 Å². The molecule has 4 nitrogen and oxygen atoms in total. The van der Waals surface area contributed by atoms with Crippen molar-refractivity contribution < 1.29 is 4.79 Å². The highest BCUT2D eigenvalue weighted by atomic mass is 16.2. The highest BCUT2D eigenvalue weighted by molar-refractivity contribution is 6.01. The third-order valence-electron chi connectivity index (χ3n) is 3.99. The quantitative estimate of drug-likeness (QED) is 0.832. The van der Waals surface area contributed by atoms with Gasteiger partial charge in [-0.25, -0.2) is 0 Å². The lowest BCUT2D eigenvalue weighted by Crippen LogP contribution is -2.46. The van der Waals surface area contributed by atoms with E-state index < -0.39 is 5.66 Å². The molecule has 0 saturated carbocycles. The van der Waals surface area contributed by atoms with Gasteiger partial charge in [0.1, 0.15) is 5.66 Å². The van der Waals surface area contributed by atoms with Crippen molar-refractivity contribution in [2.45, 2.75) is 5.66 Å². The SMILES string of the molecule is O=C1c2ccccc2C2(c3cccnc3)NCCN12. The van der Waals surface area contributed by atoms with Crippen LogP contribution in [-0.2, 0) is 5.66 Å². The number of nitrogens with zero attached hydrogens (tertiary/aromatic N) is 2. The predicted molar refractivity (Wildman–Crippen MR) is 70.5 cm³/mol. The van der Waals surface area contributed by atoms with Crippen LogP contribution in [0.15, 0.2) is 48.8 Å². The summed E-state index contributed by atoms with van der Waals surface area (Å²) in [5.41, 5.74) is 2.32. The van der Waals surface area contributed by atoms with Crippen LogP contribution in [0.1, 0.15) is 21.5 Å². The summed E-state index contributed by atoms with van der Waals surface area (Å²) in [5.74, 6) is 0.101. The van der Waals surface area contributed by atoms with Crippen LogP contribution < -0.4 is 5.32 Å². The summed E-state index contributed by atoms with van der Waals surface area (Å²) in [6, 6.07) is 11.7. The van der Waals surface area contributed by atoms with Crippen LogP contribution in [0, 0.1) is 0 Å². The fourth-order valence-electron chi connectivity index (χ4n) is 3.23. The van der Waals surface area contributed by atoms with Gasteiger partial charge in [0.05, 0.1) is 0 Å². The molecule has 4 rings (SSSR count). The van der Waals surface area contributed by atoms with Crippen molar-refractivity contribution in [3.8, 4) is 0 Å². The van der Waals surface area contributed by atoms with Gasteiger partial charge in [-0.3, -0.25) is 15.1 Å². The third kappa shape index (κ3) is 1.21. The number of fused-ring (bicyclic) bond motifs is 3. The van der Waals surface area contributed by atoms with Crippen molar-refractivity contribution in [2.75, 3.05) is 13.1 Å². The second-order valence-corrected chi connectivity index (χ2v) is 4.88. The van der Waals surface area contributed by atoms with Gasteiger partial charge in [-0.15, -0.1) is 0 Å². The van der Waals surface area contributed by atoms with Gasteiger partial charge < -0.3 is 4.90 Å². The largest absolute Gasteiger partial charge is 0.311 e. The molecule has 94 valence electrons. The van der Waals surface area contributed by atoms with Crippen LogP contribution in [0.4, 0.5) is 0 Å². The van der Waals surface area contributed by atoms with Crippen LogP contribution >= 0.6 is 0 Å². The molecule has 0 radical (unpaired) electrons. The summed E-state index contributed by atoms with van der Waals surface area (Å²) < 4.78 is 0. The number of rotatable bonds is 1. The molecule has 1 saturated heterocycles. The van der Waals surface area contributed by atoms with Crippen molar-refractivity contribution in [1.29, 1.82) is 0 Å². The number of benzene rings is 1. The third-order valence-corrected chi connectivity index (χ3v) is 3.99. The predicted octanol–water partition coefficient (Wildman–Crippen LogP) is 1.34. The van der Waals surface area contributed by atoms with Crippen LogP contribution in [0.3, 0.4) is 0 Å². The number of hydrogen-bond acceptors (Lipinski definition) is 3. The lowest BCUT2D eigenvalue weighted by molar-refractivity contribution is 0.0694. The molecule has 1 amide bonds. The summed E-state index contributed by atoms with van der Waals surface area (Å²) in [6.45, 7) is 1.53. The number of pyridine rings is 1. The molecule has 19 heavy (non-hydrogen) atoms. The Bertz CT molecular complexity index is 655. The van der Waals surface area contributed by atoms with E-state index in [1.165, 1.54) is 0 Å². The molecule has 2 aromatic rings.